The number of aliphatic hydroxyl groups excluding tert-OH is 1. The molecule has 1 unspecified atom stereocenters. The van der Waals surface area contributed by atoms with Crippen molar-refractivity contribution >= 4 is 31.9 Å². The Morgan fingerprint density at radius 3 is 2.56 bits per heavy atom. The molecule has 1 heterocycles. The fourth-order valence-electron chi connectivity index (χ4n) is 1.77. The Balaban J connectivity index is 2.34. The van der Waals surface area contributed by atoms with Crippen LogP contribution in [0.4, 0.5) is 0 Å². The lowest BCUT2D eigenvalue weighted by atomic mass is 10.1. The third-order valence-electron chi connectivity index (χ3n) is 2.56. The summed E-state index contributed by atoms with van der Waals surface area (Å²) in [5.41, 5.74) is 1.51. The highest BCUT2D eigenvalue weighted by Gasteiger charge is 2.16. The number of nitrogens with zero attached hydrogens (tertiary/aromatic N) is 3. The maximum atomic E-state index is 10.4. The minimum absolute atomic E-state index is 0.710. The van der Waals surface area contributed by atoms with Gasteiger partial charge >= 0.3 is 0 Å². The van der Waals surface area contributed by atoms with Crippen LogP contribution in [0.3, 0.4) is 0 Å². The molecule has 96 valence electrons. The predicted octanol–water partition coefficient (Wildman–Crippen LogP) is 3.29. The zero-order valence-corrected chi connectivity index (χ0v) is 13.0. The van der Waals surface area contributed by atoms with E-state index in [1.165, 1.54) is 0 Å². The Kier molecular flexibility index (Phi) is 4.53. The normalized spacial score (nSPS) is 12.7. The van der Waals surface area contributed by atoms with E-state index >= 15 is 0 Å². The number of aryl methyl sites for hydroxylation is 1. The molecule has 1 N–H and O–H groups in total. The van der Waals surface area contributed by atoms with E-state index in [0.29, 0.717) is 5.69 Å². The summed E-state index contributed by atoms with van der Waals surface area (Å²) in [6.07, 6.45) is 1.83. The molecule has 1 aromatic carbocycles. The van der Waals surface area contributed by atoms with E-state index in [1.807, 2.05) is 18.2 Å². The number of rotatable bonds is 4. The molecular weight excluding hydrogens is 362 g/mol. The molecule has 2 rings (SSSR count). The van der Waals surface area contributed by atoms with Crippen molar-refractivity contribution in [3.8, 4) is 0 Å². The van der Waals surface area contributed by atoms with Crippen LogP contribution in [0, 0.1) is 0 Å². The van der Waals surface area contributed by atoms with Gasteiger partial charge in [0, 0.05) is 15.5 Å². The summed E-state index contributed by atoms with van der Waals surface area (Å²) >= 11 is 6.83. The first kappa shape index (κ1) is 13.7. The molecule has 18 heavy (non-hydrogen) atoms. The van der Waals surface area contributed by atoms with Gasteiger partial charge in [0.2, 0.25) is 0 Å². The van der Waals surface area contributed by atoms with Crippen molar-refractivity contribution in [3.63, 3.8) is 0 Å². The second-order valence-corrected chi connectivity index (χ2v) is 5.82. The first-order valence-corrected chi connectivity index (χ1v) is 7.23. The highest BCUT2D eigenvalue weighted by Crippen LogP contribution is 2.27. The molecular formula is C12H13Br2N3O. The molecule has 0 saturated heterocycles. The molecule has 0 aliphatic heterocycles. The molecule has 0 spiro atoms. The Morgan fingerprint density at radius 2 is 1.94 bits per heavy atom. The fraction of sp³-hybridized carbons (Fsp3) is 0.333. The summed E-state index contributed by atoms with van der Waals surface area (Å²) in [5, 5.41) is 18.2. The molecule has 0 saturated carbocycles. The summed E-state index contributed by atoms with van der Waals surface area (Å²) in [6.45, 7) is 2.81. The van der Waals surface area contributed by atoms with Gasteiger partial charge in [0.1, 0.15) is 6.10 Å². The Hall–Kier alpha value is -0.720. The van der Waals surface area contributed by atoms with Gasteiger partial charge in [-0.05, 0) is 30.2 Å². The zero-order valence-electron chi connectivity index (χ0n) is 9.85. The SMILES string of the molecule is CCCn1nncc1C(O)c1cc(Br)cc(Br)c1. The monoisotopic (exact) mass is 373 g/mol. The van der Waals surface area contributed by atoms with E-state index in [1.54, 1.807) is 10.9 Å². The summed E-state index contributed by atoms with van der Waals surface area (Å²) in [4.78, 5) is 0. The van der Waals surface area contributed by atoms with Gasteiger partial charge in [-0.1, -0.05) is 44.0 Å². The van der Waals surface area contributed by atoms with E-state index in [9.17, 15) is 5.11 Å². The second-order valence-electron chi connectivity index (χ2n) is 3.99. The lowest BCUT2D eigenvalue weighted by Gasteiger charge is -2.13. The third-order valence-corrected chi connectivity index (χ3v) is 3.48. The van der Waals surface area contributed by atoms with Crippen LogP contribution in [0.1, 0.15) is 30.7 Å². The van der Waals surface area contributed by atoms with Crippen LogP contribution in [-0.2, 0) is 6.54 Å². The van der Waals surface area contributed by atoms with E-state index in [4.69, 9.17) is 0 Å². The Bertz CT molecular complexity index is 522. The van der Waals surface area contributed by atoms with Crippen molar-refractivity contribution in [2.45, 2.75) is 26.0 Å². The molecule has 0 radical (unpaired) electrons. The molecule has 4 nitrogen and oxygen atoms in total. The molecule has 1 aromatic heterocycles. The minimum atomic E-state index is -0.722. The molecule has 0 aliphatic carbocycles. The lowest BCUT2D eigenvalue weighted by Crippen LogP contribution is -2.10. The van der Waals surface area contributed by atoms with E-state index in [0.717, 1.165) is 27.5 Å². The van der Waals surface area contributed by atoms with E-state index in [-0.39, 0.29) is 0 Å². The highest BCUT2D eigenvalue weighted by molar-refractivity contribution is 9.11. The topological polar surface area (TPSA) is 50.9 Å². The highest BCUT2D eigenvalue weighted by atomic mass is 79.9. The largest absolute Gasteiger partial charge is 0.382 e. The van der Waals surface area contributed by atoms with E-state index < -0.39 is 6.10 Å². The van der Waals surface area contributed by atoms with E-state index in [2.05, 4.69) is 49.1 Å². The Morgan fingerprint density at radius 1 is 1.28 bits per heavy atom. The van der Waals surface area contributed by atoms with Gasteiger partial charge in [0.25, 0.3) is 0 Å². The van der Waals surface area contributed by atoms with Gasteiger partial charge in [-0.15, -0.1) is 5.10 Å². The molecule has 2 aromatic rings. The summed E-state index contributed by atoms with van der Waals surface area (Å²) in [5.74, 6) is 0. The van der Waals surface area contributed by atoms with Crippen LogP contribution >= 0.6 is 31.9 Å². The van der Waals surface area contributed by atoms with Crippen LogP contribution < -0.4 is 0 Å². The number of halogens is 2. The van der Waals surface area contributed by atoms with Crippen molar-refractivity contribution in [1.82, 2.24) is 15.0 Å². The summed E-state index contributed by atoms with van der Waals surface area (Å²) in [7, 11) is 0. The third kappa shape index (κ3) is 2.99. The van der Waals surface area contributed by atoms with Crippen LogP contribution in [-0.4, -0.2) is 20.1 Å². The molecule has 0 bridgehead atoms. The average Bonchev–Trinajstić information content (AvgIpc) is 2.75. The first-order chi connectivity index (χ1) is 8.61. The number of benzene rings is 1. The molecule has 6 heteroatoms. The molecule has 1 atom stereocenters. The van der Waals surface area contributed by atoms with Crippen molar-refractivity contribution in [3.05, 3.63) is 44.6 Å². The fourth-order valence-corrected chi connectivity index (χ4v) is 3.10. The van der Waals surface area contributed by atoms with Gasteiger partial charge in [0.05, 0.1) is 11.9 Å². The van der Waals surface area contributed by atoms with Crippen molar-refractivity contribution in [1.29, 1.82) is 0 Å². The standard InChI is InChI=1S/C12H13Br2N3O/c1-2-3-17-11(7-15-16-17)12(18)8-4-9(13)6-10(14)5-8/h4-7,12,18H,2-3H2,1H3. The van der Waals surface area contributed by atoms with Crippen LogP contribution in [0.15, 0.2) is 33.3 Å². The average molecular weight is 375 g/mol. The van der Waals surface area contributed by atoms with Gasteiger partial charge in [-0.2, -0.15) is 0 Å². The minimum Gasteiger partial charge on any atom is -0.382 e. The first-order valence-electron chi connectivity index (χ1n) is 5.64. The predicted molar refractivity (Wildman–Crippen MR) is 76.2 cm³/mol. The van der Waals surface area contributed by atoms with Gasteiger partial charge in [-0.25, -0.2) is 4.68 Å². The molecule has 0 aliphatic rings. The molecule has 0 fully saturated rings. The second kappa shape index (κ2) is 5.95. The van der Waals surface area contributed by atoms with Crippen molar-refractivity contribution < 1.29 is 5.11 Å². The number of aliphatic hydroxyl groups is 1. The summed E-state index contributed by atoms with van der Waals surface area (Å²) in [6, 6.07) is 5.70. The summed E-state index contributed by atoms with van der Waals surface area (Å²) < 4.78 is 3.57. The van der Waals surface area contributed by atoms with Gasteiger partial charge in [0.15, 0.2) is 0 Å². The quantitative estimate of drug-likeness (QED) is 0.893. The number of hydrogen-bond donors (Lipinski definition) is 1. The lowest BCUT2D eigenvalue weighted by molar-refractivity contribution is 0.207. The number of aromatic nitrogens is 3. The maximum absolute atomic E-state index is 10.4. The van der Waals surface area contributed by atoms with Crippen LogP contribution in [0.25, 0.3) is 0 Å². The Labute approximate surface area is 122 Å². The molecule has 0 amide bonds. The van der Waals surface area contributed by atoms with Gasteiger partial charge in [-0.3, -0.25) is 0 Å². The van der Waals surface area contributed by atoms with Crippen LogP contribution in [0.2, 0.25) is 0 Å². The zero-order chi connectivity index (χ0) is 13.1. The van der Waals surface area contributed by atoms with Gasteiger partial charge < -0.3 is 5.11 Å². The van der Waals surface area contributed by atoms with Crippen molar-refractivity contribution in [2.75, 3.05) is 0 Å². The van der Waals surface area contributed by atoms with Crippen molar-refractivity contribution in [2.24, 2.45) is 0 Å². The smallest absolute Gasteiger partial charge is 0.122 e. The number of hydrogen-bond acceptors (Lipinski definition) is 3. The van der Waals surface area contributed by atoms with Crippen LogP contribution in [0.5, 0.6) is 0 Å². The maximum Gasteiger partial charge on any atom is 0.122 e.